The van der Waals surface area contributed by atoms with Crippen LogP contribution in [0.25, 0.3) is 10.9 Å². The smallest absolute Gasteiger partial charge is 0.262 e. The second-order valence-electron chi connectivity index (χ2n) is 4.92. The second-order valence-corrected chi connectivity index (χ2v) is 5.33. The Morgan fingerprint density at radius 3 is 3.00 bits per heavy atom. The summed E-state index contributed by atoms with van der Waals surface area (Å²) in [5.74, 6) is 0.387. The number of hydrogen-bond acceptors (Lipinski definition) is 3. The molecule has 5 nitrogen and oxygen atoms in total. The van der Waals surface area contributed by atoms with Crippen LogP contribution in [0, 0.1) is 6.92 Å². The maximum atomic E-state index is 11.9. The van der Waals surface area contributed by atoms with Gasteiger partial charge >= 0.3 is 0 Å². The third-order valence-corrected chi connectivity index (χ3v) is 3.65. The Balaban J connectivity index is 1.60. The highest BCUT2D eigenvalue weighted by Gasteiger charge is 2.06. The lowest BCUT2D eigenvalue weighted by molar-refractivity contribution is -0.118. The zero-order valence-corrected chi connectivity index (χ0v) is 12.6. The number of anilines is 1. The number of H-pyrrole nitrogens is 1. The van der Waals surface area contributed by atoms with Crippen LogP contribution < -0.4 is 10.1 Å². The Morgan fingerprint density at radius 2 is 2.18 bits per heavy atom. The number of fused-ring (bicyclic) bond motifs is 1. The number of aromatic nitrogens is 2. The minimum atomic E-state index is -0.226. The molecular formula is C16H14ClN3O2. The zero-order chi connectivity index (χ0) is 15.5. The van der Waals surface area contributed by atoms with E-state index in [0.29, 0.717) is 16.5 Å². The number of halogens is 1. The van der Waals surface area contributed by atoms with Crippen molar-refractivity contribution in [2.24, 2.45) is 0 Å². The molecule has 22 heavy (non-hydrogen) atoms. The van der Waals surface area contributed by atoms with Crippen LogP contribution in [0.2, 0.25) is 5.02 Å². The van der Waals surface area contributed by atoms with Gasteiger partial charge in [-0.15, -0.1) is 0 Å². The quantitative estimate of drug-likeness (QED) is 0.774. The lowest BCUT2D eigenvalue weighted by Gasteiger charge is -2.08. The molecule has 3 rings (SSSR count). The van der Waals surface area contributed by atoms with Gasteiger partial charge in [0.1, 0.15) is 5.75 Å². The van der Waals surface area contributed by atoms with Crippen molar-refractivity contribution in [2.45, 2.75) is 6.92 Å². The fraction of sp³-hybridized carbons (Fsp3) is 0.125. The van der Waals surface area contributed by atoms with Crippen molar-refractivity contribution >= 4 is 34.1 Å². The summed E-state index contributed by atoms with van der Waals surface area (Å²) in [6, 6.07) is 10.8. The molecule has 1 aromatic heterocycles. The van der Waals surface area contributed by atoms with Crippen LogP contribution in [-0.4, -0.2) is 22.7 Å². The number of aryl methyl sites for hydroxylation is 1. The van der Waals surface area contributed by atoms with Gasteiger partial charge in [0.05, 0.1) is 11.7 Å². The first-order valence-electron chi connectivity index (χ1n) is 6.74. The van der Waals surface area contributed by atoms with Gasteiger partial charge in [-0.05, 0) is 48.9 Å². The molecule has 2 aromatic carbocycles. The number of amides is 1. The van der Waals surface area contributed by atoms with Crippen LogP contribution >= 0.6 is 11.6 Å². The standard InChI is InChI=1S/C16H14ClN3O2/c1-10-6-13(3-4-14(10)17)22-9-16(21)19-12-2-5-15-11(7-12)8-18-20-15/h2-8H,9H2,1H3,(H,18,20)(H,19,21). The van der Waals surface area contributed by atoms with Crippen molar-refractivity contribution in [1.82, 2.24) is 10.2 Å². The van der Waals surface area contributed by atoms with Crippen molar-refractivity contribution < 1.29 is 9.53 Å². The Labute approximate surface area is 132 Å². The molecule has 1 heterocycles. The average molecular weight is 316 g/mol. The molecular weight excluding hydrogens is 302 g/mol. The van der Waals surface area contributed by atoms with Crippen molar-refractivity contribution in [2.75, 3.05) is 11.9 Å². The highest BCUT2D eigenvalue weighted by Crippen LogP contribution is 2.21. The van der Waals surface area contributed by atoms with Gasteiger partial charge in [-0.2, -0.15) is 5.10 Å². The monoisotopic (exact) mass is 315 g/mol. The summed E-state index contributed by atoms with van der Waals surface area (Å²) >= 11 is 5.95. The summed E-state index contributed by atoms with van der Waals surface area (Å²) < 4.78 is 5.46. The van der Waals surface area contributed by atoms with Gasteiger partial charge in [0.15, 0.2) is 6.61 Å². The highest BCUT2D eigenvalue weighted by atomic mass is 35.5. The summed E-state index contributed by atoms with van der Waals surface area (Å²) in [4.78, 5) is 11.9. The van der Waals surface area contributed by atoms with E-state index in [2.05, 4.69) is 15.5 Å². The fourth-order valence-corrected chi connectivity index (χ4v) is 2.19. The topological polar surface area (TPSA) is 67.0 Å². The molecule has 0 aliphatic carbocycles. The van der Waals surface area contributed by atoms with E-state index in [9.17, 15) is 4.79 Å². The number of aromatic amines is 1. The first-order chi connectivity index (χ1) is 10.6. The summed E-state index contributed by atoms with van der Waals surface area (Å²) in [5.41, 5.74) is 2.53. The van der Waals surface area contributed by atoms with Gasteiger partial charge in [0.2, 0.25) is 0 Å². The van der Waals surface area contributed by atoms with Gasteiger partial charge in [0.25, 0.3) is 5.91 Å². The van der Waals surface area contributed by atoms with Crippen LogP contribution in [0.4, 0.5) is 5.69 Å². The van der Waals surface area contributed by atoms with E-state index < -0.39 is 0 Å². The third kappa shape index (κ3) is 3.20. The SMILES string of the molecule is Cc1cc(OCC(=O)Nc2ccc3[nH]ncc3c2)ccc1Cl. The summed E-state index contributed by atoms with van der Waals surface area (Å²) in [6.45, 7) is 1.82. The molecule has 0 fully saturated rings. The highest BCUT2D eigenvalue weighted by molar-refractivity contribution is 6.31. The molecule has 0 aliphatic heterocycles. The largest absolute Gasteiger partial charge is 0.484 e. The predicted octanol–water partition coefficient (Wildman–Crippen LogP) is 3.54. The molecule has 0 unspecified atom stereocenters. The number of benzene rings is 2. The molecule has 2 N–H and O–H groups in total. The van der Waals surface area contributed by atoms with Crippen LogP contribution in [0.15, 0.2) is 42.6 Å². The third-order valence-electron chi connectivity index (χ3n) is 3.22. The predicted molar refractivity (Wildman–Crippen MR) is 86.4 cm³/mol. The van der Waals surface area contributed by atoms with Crippen molar-refractivity contribution in [3.05, 3.63) is 53.2 Å². The van der Waals surface area contributed by atoms with E-state index in [1.807, 2.05) is 25.1 Å². The number of rotatable bonds is 4. The molecule has 0 saturated heterocycles. The van der Waals surface area contributed by atoms with E-state index >= 15 is 0 Å². The van der Waals surface area contributed by atoms with Crippen LogP contribution in [-0.2, 0) is 4.79 Å². The number of hydrogen-bond donors (Lipinski definition) is 2. The molecule has 0 saturated carbocycles. The Bertz CT molecular complexity index is 829. The Hall–Kier alpha value is -2.53. The first-order valence-corrected chi connectivity index (χ1v) is 7.11. The van der Waals surface area contributed by atoms with Crippen LogP contribution in [0.5, 0.6) is 5.75 Å². The van der Waals surface area contributed by atoms with E-state index in [1.165, 1.54) is 0 Å². The fourth-order valence-electron chi connectivity index (χ4n) is 2.07. The van der Waals surface area contributed by atoms with E-state index in [0.717, 1.165) is 16.5 Å². The van der Waals surface area contributed by atoms with Crippen LogP contribution in [0.1, 0.15) is 5.56 Å². The Kier molecular flexibility index (Phi) is 3.98. The second kappa shape index (κ2) is 6.07. The number of carbonyl (C=O) groups excluding carboxylic acids is 1. The van der Waals surface area contributed by atoms with Gasteiger partial charge in [-0.3, -0.25) is 9.89 Å². The molecule has 0 bridgehead atoms. The molecule has 3 aromatic rings. The zero-order valence-electron chi connectivity index (χ0n) is 11.9. The van der Waals surface area contributed by atoms with Gasteiger partial charge < -0.3 is 10.1 Å². The van der Waals surface area contributed by atoms with E-state index in [-0.39, 0.29) is 12.5 Å². The van der Waals surface area contributed by atoms with E-state index in [1.54, 1.807) is 24.4 Å². The number of carbonyl (C=O) groups is 1. The maximum absolute atomic E-state index is 11.9. The van der Waals surface area contributed by atoms with Crippen molar-refractivity contribution in [3.63, 3.8) is 0 Å². The minimum absolute atomic E-state index is 0.0650. The molecule has 0 spiro atoms. The maximum Gasteiger partial charge on any atom is 0.262 e. The molecule has 1 amide bonds. The lowest BCUT2D eigenvalue weighted by atomic mass is 10.2. The van der Waals surface area contributed by atoms with Crippen LogP contribution in [0.3, 0.4) is 0 Å². The normalized spacial score (nSPS) is 10.6. The molecule has 0 radical (unpaired) electrons. The number of nitrogens with zero attached hydrogens (tertiary/aromatic N) is 1. The number of nitrogens with one attached hydrogen (secondary N) is 2. The van der Waals surface area contributed by atoms with Crippen molar-refractivity contribution in [1.29, 1.82) is 0 Å². The Morgan fingerprint density at radius 1 is 1.32 bits per heavy atom. The molecule has 0 atom stereocenters. The summed E-state index contributed by atoms with van der Waals surface area (Å²) in [6.07, 6.45) is 1.71. The van der Waals surface area contributed by atoms with Gasteiger partial charge in [-0.25, -0.2) is 0 Å². The number of ether oxygens (including phenoxy) is 1. The van der Waals surface area contributed by atoms with Crippen molar-refractivity contribution in [3.8, 4) is 5.75 Å². The summed E-state index contributed by atoms with van der Waals surface area (Å²) in [7, 11) is 0. The molecule has 6 heteroatoms. The lowest BCUT2D eigenvalue weighted by Crippen LogP contribution is -2.20. The molecule has 112 valence electrons. The van der Waals surface area contributed by atoms with E-state index in [4.69, 9.17) is 16.3 Å². The summed E-state index contributed by atoms with van der Waals surface area (Å²) in [5, 5.41) is 11.2. The van der Waals surface area contributed by atoms with Gasteiger partial charge in [-0.1, -0.05) is 11.6 Å². The average Bonchev–Trinajstić information content (AvgIpc) is 2.96. The first kappa shape index (κ1) is 14.4. The molecule has 0 aliphatic rings. The minimum Gasteiger partial charge on any atom is -0.484 e. The van der Waals surface area contributed by atoms with Gasteiger partial charge in [0, 0.05) is 16.1 Å².